The van der Waals surface area contributed by atoms with Gasteiger partial charge in [-0.25, -0.2) is 4.79 Å². The van der Waals surface area contributed by atoms with E-state index in [1.54, 1.807) is 17.5 Å². The molecule has 0 aliphatic rings. The molecule has 2 heterocycles. The molecule has 4 nitrogen and oxygen atoms in total. The highest BCUT2D eigenvalue weighted by molar-refractivity contribution is 7.10. The lowest BCUT2D eigenvalue weighted by Crippen LogP contribution is -2.36. The molecule has 2 aromatic heterocycles. The number of hydrogen-bond acceptors (Lipinski definition) is 3. The average molecular weight is 380 g/mol. The summed E-state index contributed by atoms with van der Waals surface area (Å²) in [5.74, 6) is 0. The van der Waals surface area contributed by atoms with E-state index in [2.05, 4.69) is 47.7 Å². The van der Waals surface area contributed by atoms with Gasteiger partial charge < -0.3 is 10.2 Å². The first-order valence-electron chi connectivity index (χ1n) is 9.23. The zero-order valence-electron chi connectivity index (χ0n) is 15.8. The number of benzene rings is 1. The molecule has 0 atom stereocenters. The minimum atomic E-state index is -0.0806. The van der Waals surface area contributed by atoms with Crippen molar-refractivity contribution in [3.05, 3.63) is 81.8 Å². The van der Waals surface area contributed by atoms with Crippen LogP contribution in [0.25, 0.3) is 0 Å². The van der Waals surface area contributed by atoms with Crippen LogP contribution in [0.4, 0.5) is 10.5 Å². The highest BCUT2D eigenvalue weighted by Gasteiger charge is 2.16. The molecule has 0 unspecified atom stereocenters. The van der Waals surface area contributed by atoms with Gasteiger partial charge in [0.25, 0.3) is 0 Å². The Morgan fingerprint density at radius 2 is 1.96 bits per heavy atom. The van der Waals surface area contributed by atoms with E-state index >= 15 is 0 Å². The first-order chi connectivity index (χ1) is 13.2. The Kier molecular flexibility index (Phi) is 6.60. The van der Waals surface area contributed by atoms with Gasteiger partial charge in [0.05, 0.1) is 6.54 Å². The van der Waals surface area contributed by atoms with Crippen molar-refractivity contribution in [1.82, 2.24) is 9.88 Å². The Hall–Kier alpha value is -2.66. The molecule has 140 valence electrons. The summed E-state index contributed by atoms with van der Waals surface area (Å²) in [5, 5.41) is 5.11. The molecule has 3 rings (SSSR count). The third-order valence-corrected chi connectivity index (χ3v) is 5.58. The third kappa shape index (κ3) is 5.41. The van der Waals surface area contributed by atoms with Crippen LogP contribution in [0.5, 0.6) is 0 Å². The molecule has 0 saturated carbocycles. The Morgan fingerprint density at radius 1 is 1.15 bits per heavy atom. The summed E-state index contributed by atoms with van der Waals surface area (Å²) in [6, 6.07) is 15.9. The average Bonchev–Trinajstić information content (AvgIpc) is 3.11. The first-order valence-corrected chi connectivity index (χ1v) is 10.1. The molecule has 1 aromatic carbocycles. The minimum absolute atomic E-state index is 0.0806. The SMILES string of the molecule is CCc1ccc(NC(=O)N(CCc2ccccn2)Cc2sccc2C)cc1. The van der Waals surface area contributed by atoms with Gasteiger partial charge in [0.2, 0.25) is 0 Å². The molecule has 0 aliphatic carbocycles. The zero-order chi connectivity index (χ0) is 19.1. The normalized spacial score (nSPS) is 10.6. The predicted molar refractivity (Wildman–Crippen MR) is 112 cm³/mol. The van der Waals surface area contributed by atoms with E-state index in [1.165, 1.54) is 16.0 Å². The summed E-state index contributed by atoms with van der Waals surface area (Å²) in [6.07, 6.45) is 3.51. The minimum Gasteiger partial charge on any atom is -0.319 e. The van der Waals surface area contributed by atoms with Crippen LogP contribution in [-0.4, -0.2) is 22.5 Å². The van der Waals surface area contributed by atoms with E-state index in [9.17, 15) is 4.79 Å². The van der Waals surface area contributed by atoms with E-state index in [4.69, 9.17) is 0 Å². The van der Waals surface area contributed by atoms with E-state index in [-0.39, 0.29) is 6.03 Å². The molecule has 0 aliphatic heterocycles. The van der Waals surface area contributed by atoms with Crippen molar-refractivity contribution in [2.75, 3.05) is 11.9 Å². The van der Waals surface area contributed by atoms with Gasteiger partial charge in [-0.2, -0.15) is 0 Å². The van der Waals surface area contributed by atoms with Crippen molar-refractivity contribution in [3.8, 4) is 0 Å². The Labute approximate surface area is 164 Å². The van der Waals surface area contributed by atoms with E-state index in [1.807, 2.05) is 35.2 Å². The number of carbonyl (C=O) groups is 1. The Bertz CT molecular complexity index is 859. The summed E-state index contributed by atoms with van der Waals surface area (Å²) < 4.78 is 0. The van der Waals surface area contributed by atoms with Crippen molar-refractivity contribution in [3.63, 3.8) is 0 Å². The van der Waals surface area contributed by atoms with Crippen molar-refractivity contribution in [2.24, 2.45) is 0 Å². The molecule has 0 bridgehead atoms. The van der Waals surface area contributed by atoms with Crippen LogP contribution in [0.3, 0.4) is 0 Å². The van der Waals surface area contributed by atoms with Gasteiger partial charge in [0.1, 0.15) is 0 Å². The molecule has 0 saturated heterocycles. The molecular formula is C22H25N3OS. The van der Waals surface area contributed by atoms with Crippen LogP contribution in [0.1, 0.15) is 28.6 Å². The summed E-state index contributed by atoms with van der Waals surface area (Å²) in [7, 11) is 0. The highest BCUT2D eigenvalue weighted by atomic mass is 32.1. The van der Waals surface area contributed by atoms with Gasteiger partial charge in [-0.3, -0.25) is 4.98 Å². The van der Waals surface area contributed by atoms with Crippen molar-refractivity contribution in [1.29, 1.82) is 0 Å². The monoisotopic (exact) mass is 379 g/mol. The molecular weight excluding hydrogens is 354 g/mol. The number of aryl methyl sites for hydroxylation is 2. The van der Waals surface area contributed by atoms with Crippen LogP contribution in [0.15, 0.2) is 60.1 Å². The standard InChI is InChI=1S/C22H25N3OS/c1-3-18-7-9-20(10-8-18)24-22(26)25(16-21-17(2)12-15-27-21)14-11-19-6-4-5-13-23-19/h4-10,12-13,15H,3,11,14,16H2,1-2H3,(H,24,26). The fourth-order valence-corrected chi connectivity index (χ4v) is 3.73. The lowest BCUT2D eigenvalue weighted by molar-refractivity contribution is 0.210. The van der Waals surface area contributed by atoms with Gasteiger partial charge in [-0.1, -0.05) is 25.1 Å². The number of thiophene rings is 1. The molecule has 0 spiro atoms. The van der Waals surface area contributed by atoms with E-state index < -0.39 is 0 Å². The number of anilines is 1. The maximum Gasteiger partial charge on any atom is 0.322 e. The maximum atomic E-state index is 12.9. The second-order valence-electron chi connectivity index (χ2n) is 6.50. The smallest absolute Gasteiger partial charge is 0.319 e. The summed E-state index contributed by atoms with van der Waals surface area (Å²) in [6.45, 7) is 5.43. The fraction of sp³-hybridized carbons (Fsp3) is 0.273. The number of rotatable bonds is 7. The van der Waals surface area contributed by atoms with E-state index in [0.717, 1.165) is 24.2 Å². The number of hydrogen-bond donors (Lipinski definition) is 1. The molecule has 2 amide bonds. The molecule has 0 fully saturated rings. The van der Waals surface area contributed by atoms with Gasteiger partial charge in [0, 0.05) is 35.4 Å². The Morgan fingerprint density at radius 3 is 2.59 bits per heavy atom. The highest BCUT2D eigenvalue weighted by Crippen LogP contribution is 2.19. The van der Waals surface area contributed by atoms with Crippen LogP contribution in [-0.2, 0) is 19.4 Å². The summed E-state index contributed by atoms with van der Waals surface area (Å²) in [4.78, 5) is 20.4. The number of urea groups is 1. The quantitative estimate of drug-likeness (QED) is 0.606. The number of nitrogens with zero attached hydrogens (tertiary/aromatic N) is 2. The lowest BCUT2D eigenvalue weighted by Gasteiger charge is -2.23. The van der Waals surface area contributed by atoms with Gasteiger partial charge in [-0.05, 0) is 60.2 Å². The molecule has 27 heavy (non-hydrogen) atoms. The zero-order valence-corrected chi connectivity index (χ0v) is 16.6. The van der Waals surface area contributed by atoms with Crippen molar-refractivity contribution < 1.29 is 4.79 Å². The third-order valence-electron chi connectivity index (χ3n) is 4.57. The summed E-state index contributed by atoms with van der Waals surface area (Å²) >= 11 is 1.69. The van der Waals surface area contributed by atoms with Gasteiger partial charge in [0.15, 0.2) is 0 Å². The number of nitrogens with one attached hydrogen (secondary N) is 1. The molecule has 0 radical (unpaired) electrons. The number of carbonyl (C=O) groups excluding carboxylic acids is 1. The largest absolute Gasteiger partial charge is 0.322 e. The van der Waals surface area contributed by atoms with E-state index in [0.29, 0.717) is 13.1 Å². The topological polar surface area (TPSA) is 45.2 Å². The molecule has 3 aromatic rings. The van der Waals surface area contributed by atoms with Crippen LogP contribution in [0, 0.1) is 6.92 Å². The Balaban J connectivity index is 1.70. The second kappa shape index (κ2) is 9.33. The van der Waals surface area contributed by atoms with Gasteiger partial charge in [-0.15, -0.1) is 11.3 Å². The van der Waals surface area contributed by atoms with Crippen LogP contribution < -0.4 is 5.32 Å². The first kappa shape index (κ1) is 19.1. The number of amides is 2. The molecule has 5 heteroatoms. The van der Waals surface area contributed by atoms with Crippen molar-refractivity contribution >= 4 is 23.1 Å². The lowest BCUT2D eigenvalue weighted by atomic mass is 10.1. The van der Waals surface area contributed by atoms with Crippen LogP contribution in [0.2, 0.25) is 0 Å². The predicted octanol–water partition coefficient (Wildman–Crippen LogP) is 5.29. The molecule has 1 N–H and O–H groups in total. The van der Waals surface area contributed by atoms with Gasteiger partial charge >= 0.3 is 6.03 Å². The maximum absolute atomic E-state index is 12.9. The summed E-state index contributed by atoms with van der Waals surface area (Å²) in [5.41, 5.74) is 4.30. The number of aromatic nitrogens is 1. The second-order valence-corrected chi connectivity index (χ2v) is 7.50. The fourth-order valence-electron chi connectivity index (χ4n) is 2.81. The van der Waals surface area contributed by atoms with Crippen LogP contribution >= 0.6 is 11.3 Å². The van der Waals surface area contributed by atoms with Crippen molar-refractivity contribution in [2.45, 2.75) is 33.2 Å². The number of pyridine rings is 1.